The molecule has 2 rings (SSSR count). The fourth-order valence-electron chi connectivity index (χ4n) is 2.59. The molecule has 1 aliphatic heterocycles. The molecular formula is C16H23N3O3. The van der Waals surface area contributed by atoms with E-state index >= 15 is 0 Å². The molecule has 0 aliphatic carbocycles. The van der Waals surface area contributed by atoms with E-state index in [1.54, 1.807) is 0 Å². The number of hydrogen-bond donors (Lipinski definition) is 3. The Hall–Kier alpha value is -2.08. The van der Waals surface area contributed by atoms with E-state index in [2.05, 4.69) is 10.6 Å². The van der Waals surface area contributed by atoms with Crippen molar-refractivity contribution in [2.24, 2.45) is 5.92 Å². The van der Waals surface area contributed by atoms with E-state index in [0.29, 0.717) is 19.6 Å². The van der Waals surface area contributed by atoms with Crippen LogP contribution in [0.3, 0.4) is 0 Å². The number of rotatable bonds is 6. The third-order valence-electron chi connectivity index (χ3n) is 3.88. The van der Waals surface area contributed by atoms with Crippen LogP contribution < -0.4 is 10.6 Å². The lowest BCUT2D eigenvalue weighted by Gasteiger charge is -2.23. The van der Waals surface area contributed by atoms with E-state index in [1.165, 1.54) is 4.90 Å². The molecule has 2 amide bonds. The summed E-state index contributed by atoms with van der Waals surface area (Å²) in [5.41, 5.74) is 0.939. The molecule has 0 spiro atoms. The second-order valence-corrected chi connectivity index (χ2v) is 5.51. The van der Waals surface area contributed by atoms with Gasteiger partial charge in [0.1, 0.15) is 0 Å². The zero-order chi connectivity index (χ0) is 15.8. The standard InChI is InChI=1S/C16H23N3O3/c20-15(14-6-8-17-9-7-14)18-10-11-19(16(21)22)12-13-4-2-1-3-5-13/h1-5,14,17H,6-12H2,(H,18,20)(H,21,22). The Balaban J connectivity index is 1.77. The zero-order valence-electron chi connectivity index (χ0n) is 12.6. The van der Waals surface area contributed by atoms with Crippen molar-refractivity contribution in [1.82, 2.24) is 15.5 Å². The summed E-state index contributed by atoms with van der Waals surface area (Å²) < 4.78 is 0. The van der Waals surface area contributed by atoms with Gasteiger partial charge in [0.05, 0.1) is 0 Å². The highest BCUT2D eigenvalue weighted by Crippen LogP contribution is 2.11. The maximum atomic E-state index is 12.0. The van der Waals surface area contributed by atoms with Crippen LogP contribution in [0, 0.1) is 5.92 Å². The van der Waals surface area contributed by atoms with Crippen LogP contribution in [0.25, 0.3) is 0 Å². The summed E-state index contributed by atoms with van der Waals surface area (Å²) in [5.74, 6) is 0.0835. The molecule has 1 aliphatic rings. The zero-order valence-corrected chi connectivity index (χ0v) is 12.6. The van der Waals surface area contributed by atoms with E-state index < -0.39 is 6.09 Å². The van der Waals surface area contributed by atoms with Crippen molar-refractivity contribution in [3.63, 3.8) is 0 Å². The number of nitrogens with one attached hydrogen (secondary N) is 2. The average molecular weight is 305 g/mol. The predicted octanol–water partition coefficient (Wildman–Crippen LogP) is 1.28. The predicted molar refractivity (Wildman–Crippen MR) is 83.5 cm³/mol. The largest absolute Gasteiger partial charge is 0.465 e. The molecule has 0 atom stereocenters. The second-order valence-electron chi connectivity index (χ2n) is 5.51. The topological polar surface area (TPSA) is 81.7 Å². The van der Waals surface area contributed by atoms with E-state index in [0.717, 1.165) is 31.5 Å². The van der Waals surface area contributed by atoms with Crippen LogP contribution in [-0.4, -0.2) is 48.2 Å². The van der Waals surface area contributed by atoms with Gasteiger partial charge >= 0.3 is 6.09 Å². The lowest BCUT2D eigenvalue weighted by molar-refractivity contribution is -0.125. The number of benzene rings is 1. The maximum Gasteiger partial charge on any atom is 0.407 e. The minimum Gasteiger partial charge on any atom is -0.465 e. The number of carbonyl (C=O) groups is 2. The molecule has 0 aromatic heterocycles. The summed E-state index contributed by atoms with van der Waals surface area (Å²) in [6, 6.07) is 9.45. The number of hydrogen-bond acceptors (Lipinski definition) is 3. The molecule has 0 radical (unpaired) electrons. The van der Waals surface area contributed by atoms with Crippen molar-refractivity contribution in [2.45, 2.75) is 19.4 Å². The molecule has 6 heteroatoms. The van der Waals surface area contributed by atoms with Gasteiger partial charge in [0, 0.05) is 25.6 Å². The lowest BCUT2D eigenvalue weighted by Crippen LogP contribution is -2.42. The summed E-state index contributed by atoms with van der Waals surface area (Å²) >= 11 is 0. The molecule has 22 heavy (non-hydrogen) atoms. The monoisotopic (exact) mass is 305 g/mol. The number of piperidine rings is 1. The van der Waals surface area contributed by atoms with Crippen LogP contribution in [0.2, 0.25) is 0 Å². The summed E-state index contributed by atoms with van der Waals surface area (Å²) in [4.78, 5) is 24.6. The lowest BCUT2D eigenvalue weighted by atomic mass is 9.97. The molecule has 1 fully saturated rings. The van der Waals surface area contributed by atoms with Crippen molar-refractivity contribution in [2.75, 3.05) is 26.2 Å². The molecule has 120 valence electrons. The molecule has 1 saturated heterocycles. The van der Waals surface area contributed by atoms with Gasteiger partial charge in [-0.15, -0.1) is 0 Å². The average Bonchev–Trinajstić information content (AvgIpc) is 2.55. The SMILES string of the molecule is O=C(NCCN(Cc1ccccc1)C(=O)O)C1CCNCC1. The van der Waals surface area contributed by atoms with E-state index in [4.69, 9.17) is 0 Å². The molecule has 1 aromatic carbocycles. The third kappa shape index (κ3) is 5.04. The highest BCUT2D eigenvalue weighted by molar-refractivity contribution is 5.78. The molecular weight excluding hydrogens is 282 g/mol. The number of carboxylic acid groups (broad SMARTS) is 1. The summed E-state index contributed by atoms with van der Waals surface area (Å²) in [6.45, 7) is 2.71. The van der Waals surface area contributed by atoms with E-state index in [-0.39, 0.29) is 11.8 Å². The van der Waals surface area contributed by atoms with Crippen LogP contribution in [0.5, 0.6) is 0 Å². The Kier molecular flexibility index (Phi) is 6.21. The van der Waals surface area contributed by atoms with Gasteiger partial charge in [-0.2, -0.15) is 0 Å². The Morgan fingerprint density at radius 3 is 2.55 bits per heavy atom. The van der Waals surface area contributed by atoms with Gasteiger partial charge in [-0.3, -0.25) is 4.79 Å². The van der Waals surface area contributed by atoms with Crippen LogP contribution in [-0.2, 0) is 11.3 Å². The van der Waals surface area contributed by atoms with Crippen molar-refractivity contribution < 1.29 is 14.7 Å². The number of amides is 2. The molecule has 1 heterocycles. The highest BCUT2D eigenvalue weighted by Gasteiger charge is 2.21. The first kappa shape index (κ1) is 16.3. The Morgan fingerprint density at radius 1 is 1.23 bits per heavy atom. The second kappa shape index (κ2) is 8.38. The maximum absolute atomic E-state index is 12.0. The first-order chi connectivity index (χ1) is 10.7. The van der Waals surface area contributed by atoms with Crippen molar-refractivity contribution in [3.8, 4) is 0 Å². The quantitative estimate of drug-likeness (QED) is 0.739. The van der Waals surface area contributed by atoms with Gasteiger partial charge in [0.2, 0.25) is 5.91 Å². The van der Waals surface area contributed by atoms with Gasteiger partial charge in [0.25, 0.3) is 0 Å². The minimum atomic E-state index is -0.972. The third-order valence-corrected chi connectivity index (χ3v) is 3.88. The Morgan fingerprint density at radius 2 is 1.91 bits per heavy atom. The summed E-state index contributed by atoms with van der Waals surface area (Å²) in [7, 11) is 0. The van der Waals surface area contributed by atoms with E-state index in [1.807, 2.05) is 30.3 Å². The number of nitrogens with zero attached hydrogens (tertiary/aromatic N) is 1. The first-order valence-corrected chi connectivity index (χ1v) is 7.67. The normalized spacial score (nSPS) is 15.3. The van der Waals surface area contributed by atoms with Crippen LogP contribution >= 0.6 is 0 Å². The number of carbonyl (C=O) groups excluding carboxylic acids is 1. The van der Waals surface area contributed by atoms with Crippen LogP contribution in [0.1, 0.15) is 18.4 Å². The smallest absolute Gasteiger partial charge is 0.407 e. The van der Waals surface area contributed by atoms with Crippen molar-refractivity contribution >= 4 is 12.0 Å². The molecule has 1 aromatic rings. The van der Waals surface area contributed by atoms with Gasteiger partial charge < -0.3 is 20.6 Å². The summed E-state index contributed by atoms with van der Waals surface area (Å²) in [5, 5.41) is 15.3. The van der Waals surface area contributed by atoms with Gasteiger partial charge in [-0.25, -0.2) is 4.79 Å². The van der Waals surface area contributed by atoms with Crippen LogP contribution in [0.15, 0.2) is 30.3 Å². The fraction of sp³-hybridized carbons (Fsp3) is 0.500. The Labute approximate surface area is 130 Å². The molecule has 3 N–H and O–H groups in total. The molecule has 0 bridgehead atoms. The minimum absolute atomic E-state index is 0.0338. The summed E-state index contributed by atoms with van der Waals surface area (Å²) in [6.07, 6.45) is 0.719. The van der Waals surface area contributed by atoms with Crippen molar-refractivity contribution in [1.29, 1.82) is 0 Å². The Bertz CT molecular complexity index is 487. The van der Waals surface area contributed by atoms with Gasteiger partial charge in [-0.05, 0) is 31.5 Å². The van der Waals surface area contributed by atoms with Crippen LogP contribution in [0.4, 0.5) is 4.79 Å². The van der Waals surface area contributed by atoms with E-state index in [9.17, 15) is 14.7 Å². The molecule has 0 saturated carbocycles. The van der Waals surface area contributed by atoms with Crippen molar-refractivity contribution in [3.05, 3.63) is 35.9 Å². The molecule has 0 unspecified atom stereocenters. The molecule has 6 nitrogen and oxygen atoms in total. The fourth-order valence-corrected chi connectivity index (χ4v) is 2.59. The van der Waals surface area contributed by atoms with Gasteiger partial charge in [0.15, 0.2) is 0 Å². The first-order valence-electron chi connectivity index (χ1n) is 7.67. The van der Waals surface area contributed by atoms with Gasteiger partial charge in [-0.1, -0.05) is 30.3 Å². The highest BCUT2D eigenvalue weighted by atomic mass is 16.4.